The fourth-order valence-electron chi connectivity index (χ4n) is 3.34. The molecule has 0 aliphatic heterocycles. The average molecular weight is 445 g/mol. The van der Waals surface area contributed by atoms with Crippen molar-refractivity contribution in [2.24, 2.45) is 0 Å². The third-order valence-corrected chi connectivity index (χ3v) is 6.22. The van der Waals surface area contributed by atoms with E-state index in [0.717, 1.165) is 24.0 Å². The fraction of sp³-hybridized carbons (Fsp3) is 0.440. The van der Waals surface area contributed by atoms with E-state index >= 15 is 0 Å². The number of carbonyl (C=O) groups is 2. The molecule has 0 heterocycles. The number of hydrogen-bond donors (Lipinski definition) is 1. The first kappa shape index (κ1) is 24.9. The first-order valence-electron chi connectivity index (χ1n) is 10.9. The number of hydrogen-bond acceptors (Lipinski definition) is 3. The molecule has 6 heteroatoms. The van der Waals surface area contributed by atoms with Gasteiger partial charge in [0.25, 0.3) is 0 Å². The van der Waals surface area contributed by atoms with Crippen LogP contribution in [-0.4, -0.2) is 35.1 Å². The third kappa shape index (κ3) is 7.69. The Morgan fingerprint density at radius 3 is 2.39 bits per heavy atom. The van der Waals surface area contributed by atoms with E-state index in [1.807, 2.05) is 38.1 Å². The van der Waals surface area contributed by atoms with Crippen LogP contribution >= 0.6 is 11.8 Å². The second kappa shape index (κ2) is 13.2. The third-order valence-electron chi connectivity index (χ3n) is 5.26. The van der Waals surface area contributed by atoms with E-state index in [2.05, 4.69) is 12.2 Å². The Balaban J connectivity index is 2.13. The molecule has 0 radical (unpaired) electrons. The van der Waals surface area contributed by atoms with E-state index in [-0.39, 0.29) is 23.4 Å². The molecule has 168 valence electrons. The molecular formula is C25H33FN2O2S. The monoisotopic (exact) mass is 444 g/mol. The average Bonchev–Trinajstić information content (AvgIpc) is 2.76. The molecule has 0 bridgehead atoms. The molecule has 2 rings (SSSR count). The van der Waals surface area contributed by atoms with E-state index < -0.39 is 6.04 Å². The lowest BCUT2D eigenvalue weighted by Crippen LogP contribution is -2.49. The molecule has 0 fully saturated rings. The smallest absolute Gasteiger partial charge is 0.242 e. The molecular weight excluding hydrogens is 411 g/mol. The van der Waals surface area contributed by atoms with Crippen molar-refractivity contribution in [1.29, 1.82) is 0 Å². The van der Waals surface area contributed by atoms with Gasteiger partial charge in [-0.3, -0.25) is 9.59 Å². The van der Waals surface area contributed by atoms with Crippen molar-refractivity contribution in [2.75, 3.05) is 12.3 Å². The zero-order chi connectivity index (χ0) is 22.6. The summed E-state index contributed by atoms with van der Waals surface area (Å²) in [6, 6.07) is 14.0. The highest BCUT2D eigenvalue weighted by molar-refractivity contribution is 7.99. The number of benzene rings is 2. The number of halogens is 1. The number of unbranched alkanes of at least 4 members (excludes halogenated alkanes) is 1. The summed E-state index contributed by atoms with van der Waals surface area (Å²) in [5, 5.41) is 2.97. The minimum Gasteiger partial charge on any atom is -0.354 e. The molecule has 2 aromatic carbocycles. The molecule has 4 nitrogen and oxygen atoms in total. The van der Waals surface area contributed by atoms with E-state index in [1.165, 1.54) is 17.8 Å². The van der Waals surface area contributed by atoms with Crippen molar-refractivity contribution in [2.45, 2.75) is 58.4 Å². The maximum Gasteiger partial charge on any atom is 0.242 e. The van der Waals surface area contributed by atoms with Crippen molar-refractivity contribution in [1.82, 2.24) is 10.2 Å². The van der Waals surface area contributed by atoms with Crippen LogP contribution in [0.25, 0.3) is 0 Å². The fourth-order valence-corrected chi connectivity index (χ4v) is 4.24. The summed E-state index contributed by atoms with van der Waals surface area (Å²) in [4.78, 5) is 27.7. The van der Waals surface area contributed by atoms with Crippen molar-refractivity contribution >= 4 is 23.6 Å². The molecule has 0 aliphatic carbocycles. The van der Waals surface area contributed by atoms with E-state index in [0.29, 0.717) is 30.8 Å². The van der Waals surface area contributed by atoms with Gasteiger partial charge in [-0.15, -0.1) is 11.8 Å². The number of nitrogens with one attached hydrogen (secondary N) is 1. The molecule has 0 aliphatic rings. The maximum atomic E-state index is 13.9. The largest absolute Gasteiger partial charge is 0.354 e. The van der Waals surface area contributed by atoms with Gasteiger partial charge in [0, 0.05) is 18.8 Å². The number of rotatable bonds is 12. The van der Waals surface area contributed by atoms with Crippen LogP contribution in [0.5, 0.6) is 0 Å². The van der Waals surface area contributed by atoms with Crippen LogP contribution in [-0.2, 0) is 21.9 Å². The highest BCUT2D eigenvalue weighted by Crippen LogP contribution is 2.19. The number of thioether (sulfide) groups is 1. The van der Waals surface area contributed by atoms with Crippen LogP contribution in [0.2, 0.25) is 0 Å². The molecule has 0 saturated heterocycles. The van der Waals surface area contributed by atoms with Crippen LogP contribution in [0.1, 0.15) is 49.8 Å². The van der Waals surface area contributed by atoms with Gasteiger partial charge in [-0.2, -0.15) is 0 Å². The molecule has 0 spiro atoms. The van der Waals surface area contributed by atoms with Crippen molar-refractivity contribution in [3.63, 3.8) is 0 Å². The van der Waals surface area contributed by atoms with E-state index in [4.69, 9.17) is 0 Å². The van der Waals surface area contributed by atoms with Crippen LogP contribution in [0.3, 0.4) is 0 Å². The Labute approximate surface area is 189 Å². The van der Waals surface area contributed by atoms with Gasteiger partial charge in [-0.25, -0.2) is 4.39 Å². The second-order valence-corrected chi connectivity index (χ2v) is 8.59. The van der Waals surface area contributed by atoms with Crippen molar-refractivity contribution in [3.05, 3.63) is 71.0 Å². The predicted molar refractivity (Wildman–Crippen MR) is 126 cm³/mol. The quantitative estimate of drug-likeness (QED) is 0.464. The SMILES string of the molecule is CCCCNC(=O)[C@H](CC)N(Cc1ccccc1C)C(=O)CSCc1ccccc1F. The lowest BCUT2D eigenvalue weighted by atomic mass is 10.1. The summed E-state index contributed by atoms with van der Waals surface area (Å²) < 4.78 is 13.9. The molecule has 0 saturated carbocycles. The maximum absolute atomic E-state index is 13.9. The Hall–Kier alpha value is -2.34. The summed E-state index contributed by atoms with van der Waals surface area (Å²) in [6.07, 6.45) is 2.44. The lowest BCUT2D eigenvalue weighted by Gasteiger charge is -2.31. The zero-order valence-corrected chi connectivity index (χ0v) is 19.5. The van der Waals surface area contributed by atoms with Gasteiger partial charge in [-0.05, 0) is 42.5 Å². The Morgan fingerprint density at radius 2 is 1.74 bits per heavy atom. The van der Waals surface area contributed by atoms with Gasteiger partial charge in [0.1, 0.15) is 11.9 Å². The summed E-state index contributed by atoms with van der Waals surface area (Å²) in [5.74, 6) is 0.120. The Bertz CT molecular complexity index is 859. The van der Waals surface area contributed by atoms with Gasteiger partial charge in [0.15, 0.2) is 0 Å². The topological polar surface area (TPSA) is 49.4 Å². The summed E-state index contributed by atoms with van der Waals surface area (Å²) >= 11 is 1.37. The molecule has 1 N–H and O–H groups in total. The highest BCUT2D eigenvalue weighted by Gasteiger charge is 2.28. The summed E-state index contributed by atoms with van der Waals surface area (Å²) in [5.41, 5.74) is 2.69. The van der Waals surface area contributed by atoms with Crippen LogP contribution in [0.15, 0.2) is 48.5 Å². The van der Waals surface area contributed by atoms with Crippen LogP contribution < -0.4 is 5.32 Å². The minimum absolute atomic E-state index is 0.109. The minimum atomic E-state index is -0.530. The lowest BCUT2D eigenvalue weighted by molar-refractivity contribution is -0.139. The number of aryl methyl sites for hydroxylation is 1. The van der Waals surface area contributed by atoms with Gasteiger partial charge < -0.3 is 10.2 Å². The Kier molecular flexibility index (Phi) is 10.6. The van der Waals surface area contributed by atoms with Gasteiger partial charge in [0.2, 0.25) is 11.8 Å². The number of nitrogens with zero attached hydrogens (tertiary/aromatic N) is 1. The molecule has 2 aromatic rings. The van der Waals surface area contributed by atoms with Crippen molar-refractivity contribution < 1.29 is 14.0 Å². The first-order chi connectivity index (χ1) is 15.0. The van der Waals surface area contributed by atoms with Crippen LogP contribution in [0.4, 0.5) is 4.39 Å². The van der Waals surface area contributed by atoms with Crippen molar-refractivity contribution in [3.8, 4) is 0 Å². The zero-order valence-electron chi connectivity index (χ0n) is 18.7. The molecule has 2 amide bonds. The standard InChI is InChI=1S/C25H33FN2O2S/c1-4-6-15-27-25(30)23(5-2)28(16-20-12-8-7-11-19(20)3)24(29)18-31-17-21-13-9-10-14-22(21)26/h7-14,23H,4-6,15-18H2,1-3H3,(H,27,30)/t23-/m0/s1. The second-order valence-electron chi connectivity index (χ2n) is 7.60. The summed E-state index contributed by atoms with van der Waals surface area (Å²) in [7, 11) is 0. The molecule has 31 heavy (non-hydrogen) atoms. The van der Waals surface area contributed by atoms with E-state index in [1.54, 1.807) is 23.1 Å². The molecule has 1 atom stereocenters. The molecule has 0 aromatic heterocycles. The predicted octanol–water partition coefficient (Wildman–Crippen LogP) is 5.09. The number of amides is 2. The number of carbonyl (C=O) groups excluding carboxylic acids is 2. The Morgan fingerprint density at radius 1 is 1.06 bits per heavy atom. The van der Waals surface area contributed by atoms with E-state index in [9.17, 15) is 14.0 Å². The van der Waals surface area contributed by atoms with Crippen LogP contribution in [0, 0.1) is 12.7 Å². The van der Waals surface area contributed by atoms with Gasteiger partial charge >= 0.3 is 0 Å². The van der Waals surface area contributed by atoms with Gasteiger partial charge in [-0.1, -0.05) is 62.7 Å². The normalized spacial score (nSPS) is 11.7. The highest BCUT2D eigenvalue weighted by atomic mass is 32.2. The summed E-state index contributed by atoms with van der Waals surface area (Å²) in [6.45, 7) is 7.00. The molecule has 0 unspecified atom stereocenters. The van der Waals surface area contributed by atoms with Gasteiger partial charge in [0.05, 0.1) is 5.75 Å². The first-order valence-corrected chi connectivity index (χ1v) is 12.1.